The first-order valence-electron chi connectivity index (χ1n) is 23.2. The zero-order chi connectivity index (χ0) is 46.8. The van der Waals surface area contributed by atoms with E-state index in [-0.39, 0.29) is 21.7 Å². The normalized spacial score (nSPS) is 11.9. The van der Waals surface area contributed by atoms with Gasteiger partial charge in [0.2, 0.25) is 0 Å². The van der Waals surface area contributed by atoms with Crippen molar-refractivity contribution in [1.82, 2.24) is 0 Å². The van der Waals surface area contributed by atoms with E-state index < -0.39 is 20.8 Å². The van der Waals surface area contributed by atoms with Crippen LogP contribution in [0, 0.1) is 0 Å². The molecule has 0 bridgehead atoms. The summed E-state index contributed by atoms with van der Waals surface area (Å²) < 4.78 is 0. The Morgan fingerprint density at radius 3 is 0.968 bits per heavy atom. The fourth-order valence-electron chi connectivity index (χ4n) is 8.19. The molecule has 0 aliphatic rings. The fraction of sp³-hybridized carbons (Fsp3) is 0.483. The molecule has 0 saturated heterocycles. The second-order valence-electron chi connectivity index (χ2n) is 21.3. The van der Waals surface area contributed by atoms with Crippen molar-refractivity contribution in [3.63, 3.8) is 0 Å². The summed E-state index contributed by atoms with van der Waals surface area (Å²) in [5, 5.41) is 5.62. The Balaban J connectivity index is 0.000000293. The van der Waals surface area contributed by atoms with Crippen molar-refractivity contribution >= 4 is 48.1 Å². The molecule has 0 unspecified atom stereocenters. The van der Waals surface area contributed by atoms with Gasteiger partial charge in [-0.15, -0.1) is 69.1 Å². The van der Waals surface area contributed by atoms with E-state index in [0.29, 0.717) is 0 Å². The fourth-order valence-corrected chi connectivity index (χ4v) is 8.19. The van der Waals surface area contributed by atoms with Crippen LogP contribution in [0.4, 0.5) is 0 Å². The van der Waals surface area contributed by atoms with E-state index in [2.05, 4.69) is 209 Å². The molecular formula is C58H80Cl2SiZr. The van der Waals surface area contributed by atoms with Crippen molar-refractivity contribution in [1.29, 1.82) is 0 Å². The Labute approximate surface area is 401 Å². The Kier molecular flexibility index (Phi) is 20.3. The summed E-state index contributed by atoms with van der Waals surface area (Å²) in [6, 6.07) is 33.6. The average molecular weight is 967 g/mol. The molecule has 334 valence electrons. The van der Waals surface area contributed by atoms with E-state index in [1.54, 1.807) is 0 Å². The van der Waals surface area contributed by atoms with Crippen LogP contribution in [0.2, 0.25) is 13.1 Å². The van der Waals surface area contributed by atoms with E-state index in [0.717, 1.165) is 35.2 Å². The van der Waals surface area contributed by atoms with Crippen LogP contribution >= 0.6 is 17.0 Å². The van der Waals surface area contributed by atoms with E-state index in [4.69, 9.17) is 17.0 Å². The summed E-state index contributed by atoms with van der Waals surface area (Å²) >= 11 is -0.826. The van der Waals surface area contributed by atoms with Crippen LogP contribution in [0.15, 0.2) is 84.9 Å². The molecule has 0 fully saturated rings. The number of rotatable bonds is 8. The predicted molar refractivity (Wildman–Crippen MR) is 281 cm³/mol. The zero-order valence-corrected chi connectivity index (χ0v) is 47.1. The van der Waals surface area contributed by atoms with Gasteiger partial charge in [0, 0.05) is 9.52 Å². The molecule has 4 heteroatoms. The summed E-state index contributed by atoms with van der Waals surface area (Å²) in [4.78, 5) is 0. The van der Waals surface area contributed by atoms with Gasteiger partial charge in [0.15, 0.2) is 0 Å². The summed E-state index contributed by atoms with van der Waals surface area (Å²) in [7, 11) is 11.0. The second kappa shape index (κ2) is 23.3. The Morgan fingerprint density at radius 2 is 0.742 bits per heavy atom. The first-order chi connectivity index (χ1) is 28.9. The summed E-state index contributed by atoms with van der Waals surface area (Å²) in [5.74, 6) is 0. The standard InChI is InChI=1S/2C28H37.C2H6Si.2ClH.Zr/c2*1-9-11-19-14-21-13-12-20(10-2)26(25(21)15-19)22-16-23(27(3,4)5)18-24(17-22)28(6,7)8;1-3-2;;;/h2*12-18H,9-11H2,1-8H3;1-2H3;2*1H;/q2*-1;;;;+4/p-2. The molecular weight excluding hydrogens is 887 g/mol. The molecule has 0 saturated carbocycles. The van der Waals surface area contributed by atoms with Crippen LogP contribution in [-0.4, -0.2) is 9.52 Å². The number of benzene rings is 4. The number of fused-ring (bicyclic) bond motifs is 2. The monoisotopic (exact) mass is 964 g/mol. The van der Waals surface area contributed by atoms with Crippen LogP contribution in [0.1, 0.15) is 168 Å². The van der Waals surface area contributed by atoms with Gasteiger partial charge in [-0.25, -0.2) is 0 Å². The minimum atomic E-state index is -0.826. The SMILES string of the molecule is CCCc1cc2c(-c3cc(C(C)(C)C)cc(C(C)(C)C)c3)c(CC)ccc2[cH-]1.CCCc1cc2c(-c3cc(C(C)(C)C)cc(C(C)(C)C)c3)c(CC)ccc2[cH-]1.C[Si]C.[Cl][Zr+2][Cl]. The van der Waals surface area contributed by atoms with Gasteiger partial charge in [-0.3, -0.25) is 0 Å². The van der Waals surface area contributed by atoms with E-state index in [1.807, 2.05) is 0 Å². The molecule has 0 N–H and O–H groups in total. The van der Waals surface area contributed by atoms with E-state index in [9.17, 15) is 0 Å². The molecule has 0 nitrogen and oxygen atoms in total. The topological polar surface area (TPSA) is 0 Å². The van der Waals surface area contributed by atoms with Gasteiger partial charge in [-0.2, -0.15) is 12.1 Å². The molecule has 6 aromatic carbocycles. The van der Waals surface area contributed by atoms with Crippen molar-refractivity contribution in [3.05, 3.63) is 129 Å². The van der Waals surface area contributed by atoms with Crippen molar-refractivity contribution in [2.24, 2.45) is 0 Å². The maximum absolute atomic E-state index is 4.93. The predicted octanol–water partition coefficient (Wildman–Crippen LogP) is 18.8. The third kappa shape index (κ3) is 14.4. The average Bonchev–Trinajstić information content (AvgIpc) is 3.80. The van der Waals surface area contributed by atoms with Crippen molar-refractivity contribution < 1.29 is 20.8 Å². The van der Waals surface area contributed by atoms with Gasteiger partial charge in [0.25, 0.3) is 0 Å². The molecule has 0 spiro atoms. The van der Waals surface area contributed by atoms with Gasteiger partial charge in [-0.05, 0) is 80.7 Å². The molecule has 0 heterocycles. The van der Waals surface area contributed by atoms with Gasteiger partial charge in [0.1, 0.15) is 0 Å². The molecule has 0 atom stereocenters. The Bertz CT molecular complexity index is 2090. The van der Waals surface area contributed by atoms with E-state index in [1.165, 1.54) is 101 Å². The molecule has 0 aliphatic heterocycles. The quantitative estimate of drug-likeness (QED) is 0.105. The van der Waals surface area contributed by atoms with E-state index >= 15 is 0 Å². The van der Waals surface area contributed by atoms with Gasteiger partial charge in [-0.1, -0.05) is 195 Å². The first-order valence-corrected chi connectivity index (χ1v) is 31.5. The Morgan fingerprint density at radius 1 is 0.468 bits per heavy atom. The summed E-state index contributed by atoms with van der Waals surface area (Å²) in [6.45, 7) is 41.2. The van der Waals surface area contributed by atoms with Crippen LogP contribution in [0.5, 0.6) is 0 Å². The maximum atomic E-state index is 4.93. The van der Waals surface area contributed by atoms with Crippen molar-refractivity contribution in [2.75, 3.05) is 0 Å². The van der Waals surface area contributed by atoms with Crippen LogP contribution in [-0.2, 0) is 68.2 Å². The van der Waals surface area contributed by atoms with Crippen molar-refractivity contribution in [3.8, 4) is 22.3 Å². The summed E-state index contributed by atoms with van der Waals surface area (Å²) in [5.41, 5.74) is 17.7. The minimum absolute atomic E-state index is 0.135. The zero-order valence-electron chi connectivity index (χ0n) is 42.1. The first kappa shape index (κ1) is 54.1. The third-order valence-electron chi connectivity index (χ3n) is 11.8. The van der Waals surface area contributed by atoms with Crippen LogP contribution in [0.3, 0.4) is 0 Å². The van der Waals surface area contributed by atoms with Gasteiger partial charge in [0.05, 0.1) is 0 Å². The molecule has 0 aromatic heterocycles. The molecule has 0 amide bonds. The van der Waals surface area contributed by atoms with Crippen molar-refractivity contribution in [2.45, 2.75) is 184 Å². The Hall–Kier alpha value is -2.22. The third-order valence-corrected chi connectivity index (χ3v) is 11.8. The molecule has 6 rings (SSSR count). The van der Waals surface area contributed by atoms with Gasteiger partial charge >= 0.3 is 37.9 Å². The number of hydrogen-bond acceptors (Lipinski definition) is 0. The van der Waals surface area contributed by atoms with Crippen LogP contribution in [0.25, 0.3) is 43.8 Å². The molecule has 6 aromatic rings. The van der Waals surface area contributed by atoms with Gasteiger partial charge < -0.3 is 0 Å². The van der Waals surface area contributed by atoms with Crippen LogP contribution < -0.4 is 0 Å². The second-order valence-corrected chi connectivity index (χ2v) is 26.0. The number of aryl methyl sites for hydroxylation is 4. The number of hydrogen-bond donors (Lipinski definition) is 0. The number of halogens is 2. The molecule has 0 aliphatic carbocycles. The molecule has 2 radical (unpaired) electrons. The molecule has 62 heavy (non-hydrogen) atoms. The summed E-state index contributed by atoms with van der Waals surface area (Å²) in [6.07, 6.45) is 6.82.